The summed E-state index contributed by atoms with van der Waals surface area (Å²) in [4.78, 5) is 4.50. The van der Waals surface area contributed by atoms with Crippen LogP contribution >= 0.6 is 11.6 Å². The number of ether oxygens (including phenoxy) is 4. The molecular weight excluding hydrogens is 380 g/mol. The Morgan fingerprint density at radius 3 is 2.57 bits per heavy atom. The van der Waals surface area contributed by atoms with Crippen molar-refractivity contribution in [3.8, 4) is 11.5 Å². The lowest BCUT2D eigenvalue weighted by Crippen LogP contribution is -2.10. The molecule has 2 aromatic rings. The lowest BCUT2D eigenvalue weighted by atomic mass is 10.2. The monoisotopic (exact) mass is 404 g/mol. The van der Waals surface area contributed by atoms with Gasteiger partial charge < -0.3 is 24.3 Å². The van der Waals surface area contributed by atoms with E-state index in [1.54, 1.807) is 20.3 Å². The topological polar surface area (TPSA) is 61.8 Å². The summed E-state index contributed by atoms with van der Waals surface area (Å²) in [5.74, 6) is 1.86. The second-order valence-electron chi connectivity index (χ2n) is 5.69. The van der Waals surface area contributed by atoms with Crippen molar-refractivity contribution >= 4 is 34.2 Å². The zero-order chi connectivity index (χ0) is 20.4. The Morgan fingerprint density at radius 1 is 1.11 bits per heavy atom. The molecule has 1 aromatic heterocycles. The van der Waals surface area contributed by atoms with Crippen LogP contribution in [0, 0.1) is 0 Å². The number of rotatable bonds is 12. The molecule has 150 valence electrons. The minimum atomic E-state index is 0.353. The molecule has 1 N–H and O–H groups in total. The van der Waals surface area contributed by atoms with Gasteiger partial charge in [0.05, 0.1) is 37.7 Å². The van der Waals surface area contributed by atoms with Crippen molar-refractivity contribution in [2.75, 3.05) is 46.0 Å². The Hall–Kier alpha value is -2.54. The molecule has 6 nitrogen and oxygen atoms in total. The van der Waals surface area contributed by atoms with E-state index >= 15 is 0 Å². The first-order chi connectivity index (χ1) is 13.6. The number of methoxy groups -OCH3 is 2. The summed E-state index contributed by atoms with van der Waals surface area (Å²) < 4.78 is 21.5. The third-order valence-corrected chi connectivity index (χ3v) is 3.94. The highest BCUT2D eigenvalue weighted by molar-refractivity contribution is 6.48. The Balaban J connectivity index is 2.09. The van der Waals surface area contributed by atoms with Gasteiger partial charge in [-0.3, -0.25) is 0 Å². The van der Waals surface area contributed by atoms with Gasteiger partial charge in [-0.1, -0.05) is 30.8 Å². The fourth-order valence-electron chi connectivity index (χ4n) is 2.39. The maximum Gasteiger partial charge on any atom is 0.163 e. The second-order valence-corrected chi connectivity index (χ2v) is 6.14. The Kier molecular flexibility index (Phi) is 8.81. The van der Waals surface area contributed by atoms with E-state index in [2.05, 4.69) is 23.5 Å². The van der Waals surface area contributed by atoms with Crippen molar-refractivity contribution in [2.24, 2.45) is 0 Å². The van der Waals surface area contributed by atoms with E-state index in [4.69, 9.17) is 30.5 Å². The van der Waals surface area contributed by atoms with Crippen LogP contribution in [0.15, 0.2) is 43.5 Å². The molecule has 0 saturated carbocycles. The van der Waals surface area contributed by atoms with Gasteiger partial charge in [-0.15, -0.1) is 0 Å². The molecular formula is C21H25ClN2O4. The van der Waals surface area contributed by atoms with Crippen LogP contribution in [0.2, 0.25) is 0 Å². The van der Waals surface area contributed by atoms with Crippen LogP contribution in [0.1, 0.15) is 11.3 Å². The van der Waals surface area contributed by atoms with E-state index in [9.17, 15) is 0 Å². The highest BCUT2D eigenvalue weighted by Crippen LogP contribution is 2.32. The molecule has 1 heterocycles. The van der Waals surface area contributed by atoms with Gasteiger partial charge in [-0.25, -0.2) is 4.98 Å². The largest absolute Gasteiger partial charge is 0.493 e. The van der Waals surface area contributed by atoms with Gasteiger partial charge in [-0.2, -0.15) is 0 Å². The first kappa shape index (κ1) is 21.8. The molecule has 0 unspecified atom stereocenters. The lowest BCUT2D eigenvalue weighted by molar-refractivity contribution is 0.0540. The predicted octanol–water partition coefficient (Wildman–Crippen LogP) is 4.73. The van der Waals surface area contributed by atoms with Crippen LogP contribution in [-0.2, 0) is 9.47 Å². The molecule has 2 rings (SSSR count). The summed E-state index contributed by atoms with van der Waals surface area (Å²) in [6.07, 6.45) is 1.69. The fourth-order valence-corrected chi connectivity index (χ4v) is 2.54. The Morgan fingerprint density at radius 2 is 1.89 bits per heavy atom. The summed E-state index contributed by atoms with van der Waals surface area (Å²) in [5.41, 5.74) is 2.19. The zero-order valence-corrected chi connectivity index (χ0v) is 16.9. The Bertz CT molecular complexity index is 811. The molecule has 28 heavy (non-hydrogen) atoms. The van der Waals surface area contributed by atoms with E-state index in [-0.39, 0.29) is 0 Å². The number of hydrogen-bond donors (Lipinski definition) is 1. The van der Waals surface area contributed by atoms with Gasteiger partial charge in [0, 0.05) is 24.4 Å². The van der Waals surface area contributed by atoms with E-state index in [0.29, 0.717) is 54.5 Å². The van der Waals surface area contributed by atoms with Crippen LogP contribution in [0.5, 0.6) is 11.5 Å². The molecule has 0 radical (unpaired) electrons. The van der Waals surface area contributed by atoms with Gasteiger partial charge >= 0.3 is 0 Å². The number of halogens is 1. The van der Waals surface area contributed by atoms with Crippen LogP contribution < -0.4 is 14.8 Å². The maximum atomic E-state index is 6.04. The lowest BCUT2D eigenvalue weighted by Gasteiger charge is -2.14. The maximum absolute atomic E-state index is 6.04. The number of benzene rings is 1. The van der Waals surface area contributed by atoms with Crippen LogP contribution in [-0.4, -0.2) is 45.6 Å². The molecule has 0 aliphatic rings. The number of aromatic nitrogens is 1. The molecule has 0 atom stereocenters. The van der Waals surface area contributed by atoms with E-state index in [1.807, 2.05) is 30.3 Å². The second kappa shape index (κ2) is 11.3. The average molecular weight is 405 g/mol. The smallest absolute Gasteiger partial charge is 0.163 e. The van der Waals surface area contributed by atoms with Crippen LogP contribution in [0.25, 0.3) is 11.1 Å². The third-order valence-electron chi connectivity index (χ3n) is 3.76. The fraction of sp³-hybridized carbons (Fsp3) is 0.286. The normalized spacial score (nSPS) is 10.4. The molecule has 7 heteroatoms. The minimum absolute atomic E-state index is 0.353. The molecule has 0 spiro atoms. The molecule has 0 aliphatic carbocycles. The summed E-state index contributed by atoms with van der Waals surface area (Å²) in [6.45, 7) is 9.44. The van der Waals surface area contributed by atoms with Crippen molar-refractivity contribution in [1.29, 1.82) is 0 Å². The molecule has 0 saturated heterocycles. The SMILES string of the molecule is C=Cc1ccc(Nc2ccc(OC)c(OCCOCCOC)c2)nc1C(=C)Cl. The van der Waals surface area contributed by atoms with Gasteiger partial charge in [0.15, 0.2) is 11.5 Å². The van der Waals surface area contributed by atoms with Gasteiger partial charge in [-0.05, 0) is 24.3 Å². The highest BCUT2D eigenvalue weighted by atomic mass is 35.5. The number of pyridine rings is 1. The van der Waals surface area contributed by atoms with Gasteiger partial charge in [0.1, 0.15) is 12.4 Å². The van der Waals surface area contributed by atoms with Crippen molar-refractivity contribution in [2.45, 2.75) is 0 Å². The molecule has 0 fully saturated rings. The molecule has 0 amide bonds. The number of hydrogen-bond acceptors (Lipinski definition) is 6. The zero-order valence-electron chi connectivity index (χ0n) is 16.2. The summed E-state index contributed by atoms with van der Waals surface area (Å²) >= 11 is 6.04. The van der Waals surface area contributed by atoms with Gasteiger partial charge in [0.25, 0.3) is 0 Å². The van der Waals surface area contributed by atoms with Crippen LogP contribution in [0.3, 0.4) is 0 Å². The summed E-state index contributed by atoms with van der Waals surface area (Å²) in [7, 11) is 3.23. The number of nitrogens with zero attached hydrogens (tertiary/aromatic N) is 1. The predicted molar refractivity (Wildman–Crippen MR) is 114 cm³/mol. The highest BCUT2D eigenvalue weighted by Gasteiger charge is 2.09. The molecule has 1 aromatic carbocycles. The van der Waals surface area contributed by atoms with E-state index in [0.717, 1.165) is 11.3 Å². The number of anilines is 2. The summed E-state index contributed by atoms with van der Waals surface area (Å²) in [6, 6.07) is 9.26. The standard InChI is InChI=1S/C21H25ClN2O4/c1-5-16-6-9-20(24-21(16)15(2)22)23-17-7-8-18(26-4)19(14-17)28-13-12-27-11-10-25-3/h5-9,14H,1-2,10-13H2,3-4H3,(H,23,24). The quantitative estimate of drug-likeness (QED) is 0.516. The van der Waals surface area contributed by atoms with Crippen molar-refractivity contribution in [3.63, 3.8) is 0 Å². The number of nitrogens with one attached hydrogen (secondary N) is 1. The van der Waals surface area contributed by atoms with Crippen molar-refractivity contribution in [1.82, 2.24) is 4.98 Å². The van der Waals surface area contributed by atoms with Crippen molar-refractivity contribution in [3.05, 3.63) is 54.7 Å². The van der Waals surface area contributed by atoms with E-state index < -0.39 is 0 Å². The van der Waals surface area contributed by atoms with E-state index in [1.165, 1.54) is 0 Å². The summed E-state index contributed by atoms with van der Waals surface area (Å²) in [5, 5.41) is 3.58. The Labute approximate surface area is 170 Å². The molecule has 0 bridgehead atoms. The van der Waals surface area contributed by atoms with Crippen molar-refractivity contribution < 1.29 is 18.9 Å². The third kappa shape index (κ3) is 6.27. The first-order valence-corrected chi connectivity index (χ1v) is 9.09. The van der Waals surface area contributed by atoms with Gasteiger partial charge in [0.2, 0.25) is 0 Å². The minimum Gasteiger partial charge on any atom is -0.493 e. The average Bonchev–Trinajstić information content (AvgIpc) is 2.70. The molecule has 0 aliphatic heterocycles. The first-order valence-electron chi connectivity index (χ1n) is 8.71. The van der Waals surface area contributed by atoms with Crippen LogP contribution in [0.4, 0.5) is 11.5 Å².